The Bertz CT molecular complexity index is 515. The van der Waals surface area contributed by atoms with Gasteiger partial charge < -0.3 is 10.6 Å². The minimum atomic E-state index is 0.109. The number of fused-ring (bicyclic) bond motifs is 1. The summed E-state index contributed by atoms with van der Waals surface area (Å²) in [4.78, 5) is 14.4. The lowest BCUT2D eigenvalue weighted by Crippen LogP contribution is -2.32. The molecule has 1 aliphatic carbocycles. The molecule has 0 spiro atoms. The molecule has 0 bridgehead atoms. The molecular weight excluding hydrogens is 262 g/mol. The Morgan fingerprint density at radius 2 is 2.19 bits per heavy atom. The summed E-state index contributed by atoms with van der Waals surface area (Å²) in [6.07, 6.45) is 4.77. The van der Waals surface area contributed by atoms with Gasteiger partial charge >= 0.3 is 0 Å². The molecule has 1 amide bonds. The Morgan fingerprint density at radius 1 is 1.33 bits per heavy atom. The molecule has 1 unspecified atom stereocenters. The fourth-order valence-corrected chi connectivity index (χ4v) is 3.56. The van der Waals surface area contributed by atoms with Crippen LogP contribution < -0.4 is 10.6 Å². The van der Waals surface area contributed by atoms with Gasteiger partial charge in [0.2, 0.25) is 5.91 Å². The van der Waals surface area contributed by atoms with Crippen molar-refractivity contribution in [3.8, 4) is 0 Å². The fourth-order valence-electron chi connectivity index (χ4n) is 3.56. The van der Waals surface area contributed by atoms with Crippen LogP contribution in [0.2, 0.25) is 0 Å². The Balaban J connectivity index is 1.50. The van der Waals surface area contributed by atoms with Crippen LogP contribution in [-0.4, -0.2) is 44.0 Å². The van der Waals surface area contributed by atoms with Crippen LogP contribution >= 0.6 is 0 Å². The summed E-state index contributed by atoms with van der Waals surface area (Å²) >= 11 is 0. The van der Waals surface area contributed by atoms with Gasteiger partial charge in [0.1, 0.15) is 0 Å². The molecule has 1 aromatic rings. The van der Waals surface area contributed by atoms with Crippen LogP contribution in [0.3, 0.4) is 0 Å². The van der Waals surface area contributed by atoms with Crippen molar-refractivity contribution in [2.24, 2.45) is 5.92 Å². The molecule has 1 atom stereocenters. The first kappa shape index (κ1) is 14.5. The maximum Gasteiger partial charge on any atom is 0.238 e. The van der Waals surface area contributed by atoms with Gasteiger partial charge in [-0.25, -0.2) is 0 Å². The molecule has 4 nitrogen and oxygen atoms in total. The molecule has 0 saturated carbocycles. The average molecular weight is 287 g/mol. The van der Waals surface area contributed by atoms with Gasteiger partial charge in [-0.3, -0.25) is 9.69 Å². The maximum atomic E-state index is 12.2. The number of carbonyl (C=O) groups excluding carboxylic acids is 1. The topological polar surface area (TPSA) is 44.4 Å². The first-order valence-corrected chi connectivity index (χ1v) is 8.03. The zero-order valence-electron chi connectivity index (χ0n) is 12.8. The van der Waals surface area contributed by atoms with Crippen molar-refractivity contribution in [3.63, 3.8) is 0 Å². The highest BCUT2D eigenvalue weighted by atomic mass is 16.2. The van der Waals surface area contributed by atoms with E-state index in [0.29, 0.717) is 12.5 Å². The SMILES string of the molecule is CNCC1CCN(CC(=O)Nc2ccc3c(c2)CCC3)C1. The smallest absolute Gasteiger partial charge is 0.238 e. The number of likely N-dealkylation sites (tertiary alicyclic amines) is 1. The predicted octanol–water partition coefficient (Wildman–Crippen LogP) is 1.66. The van der Waals surface area contributed by atoms with Crippen molar-refractivity contribution in [2.45, 2.75) is 25.7 Å². The van der Waals surface area contributed by atoms with Crippen molar-refractivity contribution in [3.05, 3.63) is 29.3 Å². The average Bonchev–Trinajstić information content (AvgIpc) is 3.08. The summed E-state index contributed by atoms with van der Waals surface area (Å²) in [7, 11) is 1.99. The van der Waals surface area contributed by atoms with Crippen LogP contribution in [0.4, 0.5) is 5.69 Å². The minimum absolute atomic E-state index is 0.109. The van der Waals surface area contributed by atoms with Gasteiger partial charge in [-0.15, -0.1) is 0 Å². The summed E-state index contributed by atoms with van der Waals surface area (Å²) in [5.41, 5.74) is 3.80. The number of aryl methyl sites for hydroxylation is 2. The van der Waals surface area contributed by atoms with Gasteiger partial charge in [0.05, 0.1) is 6.54 Å². The van der Waals surface area contributed by atoms with E-state index >= 15 is 0 Å². The van der Waals surface area contributed by atoms with E-state index in [1.807, 2.05) is 13.1 Å². The number of anilines is 1. The molecule has 1 fully saturated rings. The van der Waals surface area contributed by atoms with Gasteiger partial charge in [0.15, 0.2) is 0 Å². The number of nitrogens with zero attached hydrogens (tertiary/aromatic N) is 1. The van der Waals surface area contributed by atoms with E-state index < -0.39 is 0 Å². The molecule has 4 heteroatoms. The van der Waals surface area contributed by atoms with Gasteiger partial charge in [0.25, 0.3) is 0 Å². The van der Waals surface area contributed by atoms with E-state index in [1.165, 1.54) is 30.4 Å². The summed E-state index contributed by atoms with van der Waals surface area (Å²) in [6.45, 7) is 3.61. The highest BCUT2D eigenvalue weighted by Gasteiger charge is 2.23. The maximum absolute atomic E-state index is 12.2. The molecule has 2 N–H and O–H groups in total. The number of hydrogen-bond donors (Lipinski definition) is 2. The molecular formula is C17H25N3O. The molecule has 1 saturated heterocycles. The largest absolute Gasteiger partial charge is 0.325 e. The second-order valence-electron chi connectivity index (χ2n) is 6.33. The second kappa shape index (κ2) is 6.58. The number of amides is 1. The van der Waals surface area contributed by atoms with Crippen LogP contribution in [0, 0.1) is 5.92 Å². The Labute approximate surface area is 126 Å². The molecule has 1 heterocycles. The van der Waals surface area contributed by atoms with Crippen molar-refractivity contribution < 1.29 is 4.79 Å². The molecule has 114 valence electrons. The third-order valence-corrected chi connectivity index (χ3v) is 4.61. The number of hydrogen-bond acceptors (Lipinski definition) is 3. The number of nitrogens with one attached hydrogen (secondary N) is 2. The Hall–Kier alpha value is -1.39. The highest BCUT2D eigenvalue weighted by molar-refractivity contribution is 5.92. The van der Waals surface area contributed by atoms with Crippen LogP contribution in [0.15, 0.2) is 18.2 Å². The summed E-state index contributed by atoms with van der Waals surface area (Å²) in [5, 5.41) is 6.27. The fraction of sp³-hybridized carbons (Fsp3) is 0.588. The first-order valence-electron chi connectivity index (χ1n) is 8.03. The molecule has 21 heavy (non-hydrogen) atoms. The molecule has 0 radical (unpaired) electrons. The van der Waals surface area contributed by atoms with Crippen LogP contribution in [0.1, 0.15) is 24.0 Å². The highest BCUT2D eigenvalue weighted by Crippen LogP contribution is 2.25. The van der Waals surface area contributed by atoms with Crippen molar-refractivity contribution in [1.29, 1.82) is 0 Å². The summed E-state index contributed by atoms with van der Waals surface area (Å²) < 4.78 is 0. The third-order valence-electron chi connectivity index (χ3n) is 4.61. The molecule has 3 rings (SSSR count). The first-order chi connectivity index (χ1) is 10.2. The number of carbonyl (C=O) groups is 1. The lowest BCUT2D eigenvalue weighted by atomic mass is 10.1. The van der Waals surface area contributed by atoms with Crippen LogP contribution in [0.25, 0.3) is 0 Å². The van der Waals surface area contributed by atoms with E-state index in [0.717, 1.165) is 31.7 Å². The van der Waals surface area contributed by atoms with Gasteiger partial charge in [-0.05, 0) is 75.0 Å². The normalized spacial score (nSPS) is 21.5. The zero-order chi connectivity index (χ0) is 14.7. The van der Waals surface area contributed by atoms with E-state index in [2.05, 4.69) is 27.7 Å². The standard InChI is InChI=1S/C17H25N3O/c1-18-10-13-7-8-20(11-13)12-17(21)19-16-6-5-14-3-2-4-15(14)9-16/h5-6,9,13,18H,2-4,7-8,10-12H2,1H3,(H,19,21). The van der Waals surface area contributed by atoms with Crippen molar-refractivity contribution in [2.75, 3.05) is 38.5 Å². The third kappa shape index (κ3) is 3.63. The van der Waals surface area contributed by atoms with Gasteiger partial charge in [-0.2, -0.15) is 0 Å². The van der Waals surface area contributed by atoms with Crippen molar-refractivity contribution >= 4 is 11.6 Å². The number of rotatable bonds is 5. The van der Waals surface area contributed by atoms with Crippen LogP contribution in [-0.2, 0) is 17.6 Å². The Morgan fingerprint density at radius 3 is 3.05 bits per heavy atom. The van der Waals surface area contributed by atoms with E-state index in [-0.39, 0.29) is 5.91 Å². The van der Waals surface area contributed by atoms with Crippen molar-refractivity contribution in [1.82, 2.24) is 10.2 Å². The number of benzene rings is 1. The lowest BCUT2D eigenvalue weighted by Gasteiger charge is -2.16. The Kier molecular flexibility index (Phi) is 4.56. The van der Waals surface area contributed by atoms with E-state index in [1.54, 1.807) is 0 Å². The van der Waals surface area contributed by atoms with Gasteiger partial charge in [-0.1, -0.05) is 6.07 Å². The monoisotopic (exact) mass is 287 g/mol. The van der Waals surface area contributed by atoms with Crippen LogP contribution in [0.5, 0.6) is 0 Å². The quantitative estimate of drug-likeness (QED) is 0.865. The van der Waals surface area contributed by atoms with E-state index in [4.69, 9.17) is 0 Å². The molecule has 0 aromatic heterocycles. The predicted molar refractivity (Wildman–Crippen MR) is 85.6 cm³/mol. The molecule has 1 aromatic carbocycles. The molecule has 2 aliphatic rings. The summed E-state index contributed by atoms with van der Waals surface area (Å²) in [6, 6.07) is 6.35. The second-order valence-corrected chi connectivity index (χ2v) is 6.33. The zero-order valence-corrected chi connectivity index (χ0v) is 12.8. The van der Waals surface area contributed by atoms with E-state index in [9.17, 15) is 4.79 Å². The lowest BCUT2D eigenvalue weighted by molar-refractivity contribution is -0.117. The molecule has 1 aliphatic heterocycles. The van der Waals surface area contributed by atoms with Gasteiger partial charge in [0, 0.05) is 12.2 Å². The minimum Gasteiger partial charge on any atom is -0.325 e. The summed E-state index contributed by atoms with van der Waals surface area (Å²) in [5.74, 6) is 0.792.